The number of hydrogen-bond donors (Lipinski definition) is 1. The maximum absolute atomic E-state index is 11.0. The van der Waals surface area contributed by atoms with Crippen molar-refractivity contribution in [1.82, 2.24) is 14.8 Å². The summed E-state index contributed by atoms with van der Waals surface area (Å²) in [5, 5.41) is 13.6. The number of carboxylic acids is 1. The van der Waals surface area contributed by atoms with E-state index in [0.717, 1.165) is 0 Å². The van der Waals surface area contributed by atoms with Crippen LogP contribution in [0.25, 0.3) is 11.6 Å². The van der Waals surface area contributed by atoms with Crippen LogP contribution in [0.5, 0.6) is 0 Å². The van der Waals surface area contributed by atoms with Gasteiger partial charge in [0.25, 0.3) is 0 Å². The van der Waals surface area contributed by atoms with E-state index in [4.69, 9.17) is 21.1 Å². The van der Waals surface area contributed by atoms with Gasteiger partial charge < -0.3 is 9.52 Å². The molecular formula is C11H10ClN3O3. The van der Waals surface area contributed by atoms with Gasteiger partial charge in [0.1, 0.15) is 5.82 Å². The molecule has 0 amide bonds. The Hall–Kier alpha value is -1.82. The molecule has 1 atom stereocenters. The lowest BCUT2D eigenvalue weighted by atomic mass is 9.98. The fourth-order valence-corrected chi connectivity index (χ4v) is 2.20. The van der Waals surface area contributed by atoms with Crippen LogP contribution in [0.2, 0.25) is 5.22 Å². The largest absolute Gasteiger partial charge is 0.481 e. The van der Waals surface area contributed by atoms with Crippen molar-refractivity contribution in [2.45, 2.75) is 19.4 Å². The van der Waals surface area contributed by atoms with Gasteiger partial charge in [0, 0.05) is 13.0 Å². The Balaban J connectivity index is 1.91. The fraction of sp³-hybridized carbons (Fsp3) is 0.364. The molecule has 3 rings (SSSR count). The first-order chi connectivity index (χ1) is 8.63. The van der Waals surface area contributed by atoms with Crippen molar-refractivity contribution < 1.29 is 14.3 Å². The summed E-state index contributed by atoms with van der Waals surface area (Å²) < 4.78 is 6.96. The highest BCUT2D eigenvalue weighted by atomic mass is 35.5. The Bertz CT molecular complexity index is 604. The molecule has 18 heavy (non-hydrogen) atoms. The van der Waals surface area contributed by atoms with Crippen molar-refractivity contribution in [3.63, 3.8) is 0 Å². The second-order valence-corrected chi connectivity index (χ2v) is 4.58. The Morgan fingerprint density at radius 2 is 2.39 bits per heavy atom. The van der Waals surface area contributed by atoms with Crippen LogP contribution in [-0.4, -0.2) is 25.8 Å². The normalized spacial score (nSPS) is 18.6. The van der Waals surface area contributed by atoms with Crippen LogP contribution in [-0.2, 0) is 17.8 Å². The third-order valence-electron chi connectivity index (χ3n) is 3.01. The van der Waals surface area contributed by atoms with Crippen LogP contribution >= 0.6 is 11.6 Å². The lowest BCUT2D eigenvalue weighted by Gasteiger charge is -2.17. The first-order valence-corrected chi connectivity index (χ1v) is 5.93. The molecule has 2 aromatic heterocycles. The molecule has 0 spiro atoms. The fourth-order valence-electron chi connectivity index (χ4n) is 2.05. The van der Waals surface area contributed by atoms with Crippen molar-refractivity contribution in [3.05, 3.63) is 23.2 Å². The topological polar surface area (TPSA) is 81.1 Å². The maximum atomic E-state index is 11.0. The molecule has 0 fully saturated rings. The molecule has 0 aromatic carbocycles. The van der Waals surface area contributed by atoms with Gasteiger partial charge in [-0.05, 0) is 30.2 Å². The number of aryl methyl sites for hydroxylation is 1. The van der Waals surface area contributed by atoms with Gasteiger partial charge in [-0.2, -0.15) is 0 Å². The standard InChI is InChI=1S/C11H10ClN3O3/c12-8-2-1-7(18-8)10-13-9-5-6(11(16)17)3-4-15(9)14-10/h1-2,6H,3-5H2,(H,16,17). The second kappa shape index (κ2) is 4.13. The zero-order chi connectivity index (χ0) is 12.7. The van der Waals surface area contributed by atoms with E-state index in [0.29, 0.717) is 36.8 Å². The SMILES string of the molecule is O=C(O)C1CCn2nc(-c3ccc(Cl)o3)nc2C1. The highest BCUT2D eigenvalue weighted by Gasteiger charge is 2.27. The van der Waals surface area contributed by atoms with E-state index in [1.165, 1.54) is 0 Å². The van der Waals surface area contributed by atoms with Crippen molar-refractivity contribution in [3.8, 4) is 11.6 Å². The van der Waals surface area contributed by atoms with Crippen LogP contribution in [0.1, 0.15) is 12.2 Å². The highest BCUT2D eigenvalue weighted by Crippen LogP contribution is 2.25. The molecule has 1 aliphatic heterocycles. The minimum atomic E-state index is -0.785. The summed E-state index contributed by atoms with van der Waals surface area (Å²) in [6.45, 7) is 0.563. The molecule has 0 saturated carbocycles. The van der Waals surface area contributed by atoms with E-state index in [1.807, 2.05) is 0 Å². The molecule has 0 bridgehead atoms. The predicted octanol–water partition coefficient (Wildman–Crippen LogP) is 1.84. The molecule has 1 unspecified atom stereocenters. The Kier molecular flexibility index (Phi) is 2.59. The number of aromatic nitrogens is 3. The molecule has 0 aliphatic carbocycles. The van der Waals surface area contributed by atoms with Gasteiger partial charge in [0.2, 0.25) is 5.82 Å². The lowest BCUT2D eigenvalue weighted by Crippen LogP contribution is -2.26. The van der Waals surface area contributed by atoms with Crippen LogP contribution in [0.4, 0.5) is 0 Å². The van der Waals surface area contributed by atoms with E-state index in [2.05, 4.69) is 10.1 Å². The monoisotopic (exact) mass is 267 g/mol. The summed E-state index contributed by atoms with van der Waals surface area (Å²) in [7, 11) is 0. The molecule has 0 radical (unpaired) electrons. The number of carbonyl (C=O) groups is 1. The molecule has 1 N–H and O–H groups in total. The van der Waals surface area contributed by atoms with E-state index < -0.39 is 5.97 Å². The molecule has 7 heteroatoms. The van der Waals surface area contributed by atoms with Crippen molar-refractivity contribution >= 4 is 17.6 Å². The average molecular weight is 268 g/mol. The quantitative estimate of drug-likeness (QED) is 0.898. The molecule has 0 saturated heterocycles. The number of furan rings is 1. The number of halogens is 1. The minimum absolute atomic E-state index is 0.279. The molecular weight excluding hydrogens is 258 g/mol. The van der Waals surface area contributed by atoms with Gasteiger partial charge in [-0.3, -0.25) is 4.79 Å². The number of fused-ring (bicyclic) bond motifs is 1. The number of aliphatic carboxylic acids is 1. The van der Waals surface area contributed by atoms with Gasteiger partial charge in [-0.25, -0.2) is 9.67 Å². The minimum Gasteiger partial charge on any atom is -0.481 e. The third kappa shape index (κ3) is 1.88. The number of rotatable bonds is 2. The van der Waals surface area contributed by atoms with Crippen molar-refractivity contribution in [1.29, 1.82) is 0 Å². The smallest absolute Gasteiger partial charge is 0.307 e. The molecule has 2 aromatic rings. The lowest BCUT2D eigenvalue weighted by molar-refractivity contribution is -0.142. The molecule has 3 heterocycles. The van der Waals surface area contributed by atoms with Gasteiger partial charge in [0.05, 0.1) is 5.92 Å². The summed E-state index contributed by atoms with van der Waals surface area (Å²) in [5.74, 6) is 0.453. The van der Waals surface area contributed by atoms with E-state index >= 15 is 0 Å². The Morgan fingerprint density at radius 1 is 1.56 bits per heavy atom. The van der Waals surface area contributed by atoms with Crippen LogP contribution < -0.4 is 0 Å². The number of nitrogens with zero attached hydrogens (tertiary/aromatic N) is 3. The number of carboxylic acid groups (broad SMARTS) is 1. The van der Waals surface area contributed by atoms with Gasteiger partial charge in [0.15, 0.2) is 11.0 Å². The third-order valence-corrected chi connectivity index (χ3v) is 3.21. The number of hydrogen-bond acceptors (Lipinski definition) is 4. The Labute approximate surface area is 107 Å². The summed E-state index contributed by atoms with van der Waals surface area (Å²) in [4.78, 5) is 15.3. The van der Waals surface area contributed by atoms with E-state index in [9.17, 15) is 4.79 Å². The van der Waals surface area contributed by atoms with E-state index in [1.54, 1.807) is 16.8 Å². The summed E-state index contributed by atoms with van der Waals surface area (Å²) in [6.07, 6.45) is 0.973. The Morgan fingerprint density at radius 3 is 3.06 bits per heavy atom. The van der Waals surface area contributed by atoms with Gasteiger partial charge in [-0.1, -0.05) is 0 Å². The van der Waals surface area contributed by atoms with Gasteiger partial charge >= 0.3 is 5.97 Å². The van der Waals surface area contributed by atoms with Crippen molar-refractivity contribution in [2.75, 3.05) is 0 Å². The highest BCUT2D eigenvalue weighted by molar-refractivity contribution is 6.28. The first-order valence-electron chi connectivity index (χ1n) is 5.56. The maximum Gasteiger partial charge on any atom is 0.307 e. The van der Waals surface area contributed by atoms with Crippen LogP contribution in [0.15, 0.2) is 16.5 Å². The summed E-state index contributed by atoms with van der Waals surface area (Å²) in [5.41, 5.74) is 0. The second-order valence-electron chi connectivity index (χ2n) is 4.21. The predicted molar refractivity (Wildman–Crippen MR) is 62.2 cm³/mol. The summed E-state index contributed by atoms with van der Waals surface area (Å²) in [6, 6.07) is 3.31. The van der Waals surface area contributed by atoms with Crippen LogP contribution in [0, 0.1) is 5.92 Å². The zero-order valence-electron chi connectivity index (χ0n) is 9.34. The average Bonchev–Trinajstić information content (AvgIpc) is 2.93. The molecule has 1 aliphatic rings. The first kappa shape index (κ1) is 11.3. The molecule has 6 nitrogen and oxygen atoms in total. The zero-order valence-corrected chi connectivity index (χ0v) is 10.1. The summed E-state index contributed by atoms with van der Waals surface area (Å²) >= 11 is 5.69. The van der Waals surface area contributed by atoms with Crippen LogP contribution in [0.3, 0.4) is 0 Å². The molecule has 94 valence electrons. The van der Waals surface area contributed by atoms with Gasteiger partial charge in [-0.15, -0.1) is 5.10 Å². The van der Waals surface area contributed by atoms with Crippen molar-refractivity contribution in [2.24, 2.45) is 5.92 Å². The van der Waals surface area contributed by atoms with E-state index in [-0.39, 0.29) is 11.1 Å².